The maximum atomic E-state index is 11.7. The largest absolute Gasteiger partial charge is 0.495 e. The number of ether oxygens (including phenoxy) is 1. The lowest BCUT2D eigenvalue weighted by Crippen LogP contribution is -2.10. The van der Waals surface area contributed by atoms with Crippen molar-refractivity contribution in [3.8, 4) is 5.75 Å². The average Bonchev–Trinajstić information content (AvgIpc) is 3.37. The first-order valence-corrected chi connectivity index (χ1v) is 10.3. The molecule has 1 amide bonds. The molecule has 0 unspecified atom stereocenters. The van der Waals surface area contributed by atoms with Crippen molar-refractivity contribution in [2.45, 2.75) is 25.3 Å². The monoisotopic (exact) mass is 436 g/mol. The SMILES string of the molecule is C=C1NC(=O)C/C1=C\c1cnn2c(NC3CC3)cc(Nc3ccc(OC)c(Cl)c3)nc12. The topological polar surface area (TPSA) is 92.6 Å². The lowest BCUT2D eigenvalue weighted by atomic mass is 10.1. The van der Waals surface area contributed by atoms with E-state index in [0.29, 0.717) is 40.4 Å². The summed E-state index contributed by atoms with van der Waals surface area (Å²) in [5.74, 6) is 2.04. The Morgan fingerprint density at radius 2 is 2.19 bits per heavy atom. The zero-order valence-electron chi connectivity index (χ0n) is 16.9. The van der Waals surface area contributed by atoms with Crippen LogP contribution in [0.15, 0.2) is 48.3 Å². The highest BCUT2D eigenvalue weighted by Gasteiger charge is 2.24. The second-order valence-corrected chi connectivity index (χ2v) is 8.04. The van der Waals surface area contributed by atoms with Crippen LogP contribution < -0.4 is 20.7 Å². The van der Waals surface area contributed by atoms with Crippen molar-refractivity contribution in [1.29, 1.82) is 0 Å². The minimum absolute atomic E-state index is 0.0597. The maximum Gasteiger partial charge on any atom is 0.228 e. The van der Waals surface area contributed by atoms with Crippen LogP contribution in [-0.2, 0) is 4.79 Å². The average molecular weight is 437 g/mol. The van der Waals surface area contributed by atoms with E-state index in [2.05, 4.69) is 27.6 Å². The minimum atomic E-state index is -0.0597. The Hall–Kier alpha value is -3.52. The van der Waals surface area contributed by atoms with Gasteiger partial charge in [0.1, 0.15) is 17.4 Å². The van der Waals surface area contributed by atoms with E-state index in [1.807, 2.05) is 18.2 Å². The number of nitrogens with zero attached hydrogens (tertiary/aromatic N) is 3. The molecule has 1 aliphatic carbocycles. The second kappa shape index (κ2) is 7.63. The molecule has 0 radical (unpaired) electrons. The van der Waals surface area contributed by atoms with Crippen molar-refractivity contribution in [3.05, 3.63) is 58.9 Å². The van der Waals surface area contributed by atoms with Crippen LogP contribution in [0.2, 0.25) is 5.02 Å². The number of hydrogen-bond donors (Lipinski definition) is 3. The lowest BCUT2D eigenvalue weighted by molar-refractivity contribution is -0.118. The van der Waals surface area contributed by atoms with Gasteiger partial charge in [-0.3, -0.25) is 4.79 Å². The van der Waals surface area contributed by atoms with Crippen molar-refractivity contribution >= 4 is 46.6 Å². The van der Waals surface area contributed by atoms with Crippen molar-refractivity contribution in [2.24, 2.45) is 0 Å². The molecule has 1 aliphatic heterocycles. The van der Waals surface area contributed by atoms with Crippen LogP contribution in [0.1, 0.15) is 24.8 Å². The summed E-state index contributed by atoms with van der Waals surface area (Å²) in [4.78, 5) is 16.5. The van der Waals surface area contributed by atoms with Crippen LogP contribution in [0.4, 0.5) is 17.3 Å². The van der Waals surface area contributed by atoms with Crippen LogP contribution in [0.3, 0.4) is 0 Å². The van der Waals surface area contributed by atoms with E-state index in [-0.39, 0.29) is 5.91 Å². The molecule has 3 N–H and O–H groups in total. The molecule has 1 saturated carbocycles. The van der Waals surface area contributed by atoms with Gasteiger partial charge in [0.25, 0.3) is 0 Å². The van der Waals surface area contributed by atoms with Crippen LogP contribution in [-0.4, -0.2) is 33.7 Å². The van der Waals surface area contributed by atoms with Crippen molar-refractivity contribution in [1.82, 2.24) is 19.9 Å². The molecule has 31 heavy (non-hydrogen) atoms. The van der Waals surface area contributed by atoms with Gasteiger partial charge in [-0.1, -0.05) is 18.2 Å². The third-order valence-corrected chi connectivity index (χ3v) is 5.51. The number of halogens is 1. The van der Waals surface area contributed by atoms with Crippen LogP contribution >= 0.6 is 11.6 Å². The first kappa shape index (κ1) is 19.4. The number of hydrogen-bond acceptors (Lipinski definition) is 6. The normalized spacial score (nSPS) is 17.3. The number of fused-ring (bicyclic) bond motifs is 1. The highest BCUT2D eigenvalue weighted by Crippen LogP contribution is 2.31. The van der Waals surface area contributed by atoms with E-state index in [1.54, 1.807) is 30.0 Å². The molecule has 2 fully saturated rings. The Bertz CT molecular complexity index is 1240. The number of aromatic nitrogens is 3. The summed E-state index contributed by atoms with van der Waals surface area (Å²) < 4.78 is 7.00. The Labute approximate surface area is 184 Å². The third kappa shape index (κ3) is 3.94. The molecule has 3 aromatic rings. The van der Waals surface area contributed by atoms with Crippen molar-refractivity contribution < 1.29 is 9.53 Å². The van der Waals surface area contributed by atoms with E-state index in [4.69, 9.17) is 21.3 Å². The fourth-order valence-electron chi connectivity index (χ4n) is 3.48. The molecule has 1 aromatic carbocycles. The smallest absolute Gasteiger partial charge is 0.228 e. The quantitative estimate of drug-likeness (QED) is 0.538. The summed E-state index contributed by atoms with van der Waals surface area (Å²) in [5.41, 5.74) is 3.72. The first-order chi connectivity index (χ1) is 15.0. The van der Waals surface area contributed by atoms with Gasteiger partial charge in [0.05, 0.1) is 24.8 Å². The molecular formula is C22H21ClN6O2. The predicted octanol–water partition coefficient (Wildman–Crippen LogP) is 4.13. The number of carbonyl (C=O) groups excluding carboxylic acids is 1. The van der Waals surface area contributed by atoms with Gasteiger partial charge in [0.15, 0.2) is 5.65 Å². The number of anilines is 3. The molecule has 0 bridgehead atoms. The Morgan fingerprint density at radius 3 is 2.87 bits per heavy atom. The first-order valence-electron chi connectivity index (χ1n) is 9.96. The summed E-state index contributed by atoms with van der Waals surface area (Å²) in [6.45, 7) is 3.91. The predicted molar refractivity (Wildman–Crippen MR) is 121 cm³/mol. The van der Waals surface area contributed by atoms with Crippen molar-refractivity contribution in [2.75, 3.05) is 17.7 Å². The molecule has 0 atom stereocenters. The molecular weight excluding hydrogens is 416 g/mol. The summed E-state index contributed by atoms with van der Waals surface area (Å²) >= 11 is 6.27. The number of carbonyl (C=O) groups is 1. The third-order valence-electron chi connectivity index (χ3n) is 5.21. The van der Waals surface area contributed by atoms with E-state index >= 15 is 0 Å². The number of methoxy groups -OCH3 is 1. The number of benzene rings is 1. The molecule has 158 valence electrons. The Balaban J connectivity index is 1.55. The fraction of sp³-hybridized carbons (Fsp3) is 0.227. The van der Waals surface area contributed by atoms with Crippen LogP contribution in [0.5, 0.6) is 5.75 Å². The van der Waals surface area contributed by atoms with E-state index < -0.39 is 0 Å². The highest BCUT2D eigenvalue weighted by molar-refractivity contribution is 6.32. The molecule has 5 rings (SSSR count). The second-order valence-electron chi connectivity index (χ2n) is 7.63. The summed E-state index contributed by atoms with van der Waals surface area (Å²) in [6, 6.07) is 7.84. The van der Waals surface area contributed by atoms with Crippen LogP contribution in [0.25, 0.3) is 11.7 Å². The van der Waals surface area contributed by atoms with E-state index in [1.165, 1.54) is 0 Å². The maximum absolute atomic E-state index is 11.7. The molecule has 2 aromatic heterocycles. The Morgan fingerprint density at radius 1 is 1.35 bits per heavy atom. The Kier molecular flexibility index (Phi) is 4.78. The van der Waals surface area contributed by atoms with Gasteiger partial charge >= 0.3 is 0 Å². The number of rotatable bonds is 6. The highest BCUT2D eigenvalue weighted by atomic mass is 35.5. The van der Waals surface area contributed by atoms with Gasteiger partial charge in [-0.2, -0.15) is 9.61 Å². The van der Waals surface area contributed by atoms with Crippen molar-refractivity contribution in [3.63, 3.8) is 0 Å². The zero-order valence-corrected chi connectivity index (χ0v) is 17.7. The van der Waals surface area contributed by atoms with Gasteiger partial charge in [-0.25, -0.2) is 4.98 Å². The minimum Gasteiger partial charge on any atom is -0.495 e. The van der Waals surface area contributed by atoms with Gasteiger partial charge in [0.2, 0.25) is 5.91 Å². The standard InChI is InChI=1S/C22H21ClN6O2/c1-12-13(8-21(30)25-12)7-14-11-24-29-20(27-15-3-4-15)10-19(28-22(14)29)26-16-5-6-18(31-2)17(23)9-16/h5-7,9-11,15,27H,1,3-4,8H2,2H3,(H,25,30)(H,26,28)/b13-7+. The van der Waals surface area contributed by atoms with E-state index in [0.717, 1.165) is 35.5 Å². The van der Waals surface area contributed by atoms with Gasteiger partial charge < -0.3 is 20.7 Å². The zero-order chi connectivity index (χ0) is 21.5. The molecule has 3 heterocycles. The molecule has 9 heteroatoms. The molecule has 1 saturated heterocycles. The van der Waals surface area contributed by atoms with Gasteiger partial charge in [-0.15, -0.1) is 0 Å². The fourth-order valence-corrected chi connectivity index (χ4v) is 3.73. The van der Waals surface area contributed by atoms with E-state index in [9.17, 15) is 4.79 Å². The molecule has 2 aliphatic rings. The summed E-state index contributed by atoms with van der Waals surface area (Å²) in [6.07, 6.45) is 6.21. The lowest BCUT2D eigenvalue weighted by Gasteiger charge is -2.12. The number of allylic oxidation sites excluding steroid dienone is 1. The van der Waals surface area contributed by atoms with Gasteiger partial charge in [0, 0.05) is 29.1 Å². The summed E-state index contributed by atoms with van der Waals surface area (Å²) in [5, 5.41) is 14.6. The molecule has 8 nitrogen and oxygen atoms in total. The summed E-state index contributed by atoms with van der Waals surface area (Å²) in [7, 11) is 1.58. The van der Waals surface area contributed by atoms with Gasteiger partial charge in [-0.05, 0) is 42.7 Å². The number of nitrogens with one attached hydrogen (secondary N) is 3. The molecule has 0 spiro atoms. The van der Waals surface area contributed by atoms with Crippen LogP contribution in [0, 0.1) is 0 Å². The number of amides is 1.